The molecule has 0 aliphatic heterocycles. The molecule has 0 atom stereocenters. The van der Waals surface area contributed by atoms with Crippen LogP contribution in [0.3, 0.4) is 0 Å². The van der Waals surface area contributed by atoms with E-state index in [1.807, 2.05) is 0 Å². The first kappa shape index (κ1) is 40.3. The average Bonchev–Trinajstić information content (AvgIpc) is 0. The molecule has 0 saturated heterocycles. The fraction of sp³-hybridized carbons (Fsp3) is 0. The molecule has 0 amide bonds. The van der Waals surface area contributed by atoms with E-state index in [4.69, 9.17) is 0 Å². The standard InChI is InChI=1S/Li.Mg.Mn.H2O.2H/h;;;1H2;;/q;+1;;;;/p-1. The van der Waals surface area contributed by atoms with E-state index in [1.165, 1.54) is 0 Å². The largest absolute Gasteiger partial charge is 0.870 e. The Kier molecular flexibility index (Phi) is 212. The van der Waals surface area contributed by atoms with Crippen LogP contribution in [0.25, 0.3) is 0 Å². The summed E-state index contributed by atoms with van der Waals surface area (Å²) in [5.74, 6) is 0. The third kappa shape index (κ3) is 9.14. The molecule has 4 heteroatoms. The molecule has 0 rings (SSSR count). The van der Waals surface area contributed by atoms with Gasteiger partial charge in [-0.25, -0.2) is 0 Å². The summed E-state index contributed by atoms with van der Waals surface area (Å²) in [6.45, 7) is 0. The molecule has 0 unspecified atom stereocenters. The maximum absolute atomic E-state index is 0. The van der Waals surface area contributed by atoms with E-state index < -0.39 is 0 Å². The molecule has 4 heavy (non-hydrogen) atoms. The van der Waals surface area contributed by atoms with E-state index in [0.29, 0.717) is 0 Å². The van der Waals surface area contributed by atoms with Crippen molar-refractivity contribution in [3.8, 4) is 0 Å². The minimum Gasteiger partial charge on any atom is -0.870 e. The second-order valence-corrected chi connectivity index (χ2v) is 0. The van der Waals surface area contributed by atoms with Crippen molar-refractivity contribution in [3.63, 3.8) is 0 Å². The molecule has 0 saturated carbocycles. The first-order chi connectivity index (χ1) is 0. The van der Waals surface area contributed by atoms with E-state index in [-0.39, 0.29) is 64.5 Å². The van der Waals surface area contributed by atoms with Gasteiger partial charge in [-0.1, -0.05) is 0 Å². The molecule has 0 spiro atoms. The Balaban J connectivity index is 0. The molecule has 1 N–H and O–H groups in total. The normalized spacial score (nSPS) is 0. The number of rotatable bonds is 0. The Labute approximate surface area is 64.0 Å². The van der Waals surface area contributed by atoms with Gasteiger partial charge in [0.1, 0.15) is 0 Å². The minimum absolute atomic E-state index is 0. The zero-order valence-electron chi connectivity index (χ0n) is 1.83. The first-order valence-electron chi connectivity index (χ1n) is 0. The van der Waals surface area contributed by atoms with Crippen molar-refractivity contribution in [2.24, 2.45) is 0 Å². The third-order valence-electron chi connectivity index (χ3n) is 0. The van der Waals surface area contributed by atoms with Gasteiger partial charge in [0.2, 0.25) is 0 Å². The van der Waals surface area contributed by atoms with Gasteiger partial charge in [0.25, 0.3) is 0 Å². The molecule has 0 heterocycles. The van der Waals surface area contributed by atoms with Crippen molar-refractivity contribution in [1.29, 1.82) is 0 Å². The van der Waals surface area contributed by atoms with Crippen molar-refractivity contribution in [3.05, 3.63) is 0 Å². The van der Waals surface area contributed by atoms with Crippen LogP contribution in [-0.4, -0.2) is 47.4 Å². The number of hydrogen-bond donors (Lipinski definition) is 0. The van der Waals surface area contributed by atoms with Gasteiger partial charge in [0.05, 0.1) is 0 Å². The van der Waals surface area contributed by atoms with E-state index in [1.54, 1.807) is 0 Å². The summed E-state index contributed by atoms with van der Waals surface area (Å²) in [4.78, 5) is 0. The molecule has 0 aromatic heterocycles. The number of hydrogen-bond acceptors (Lipinski definition) is 1. The Hall–Kier alpha value is 1.84. The van der Waals surface area contributed by atoms with Crippen LogP contribution in [0.4, 0.5) is 0 Å². The van der Waals surface area contributed by atoms with Gasteiger partial charge < -0.3 is 5.48 Å². The summed E-state index contributed by atoms with van der Waals surface area (Å²) >= 11 is 0. The summed E-state index contributed by atoms with van der Waals surface area (Å²) in [5.41, 5.74) is 0. The van der Waals surface area contributed by atoms with Crippen molar-refractivity contribution in [1.82, 2.24) is 0 Å². The molecule has 1 nitrogen and oxygen atoms in total. The molecule has 0 aliphatic carbocycles. The summed E-state index contributed by atoms with van der Waals surface area (Å²) in [7, 11) is 0. The van der Waals surface area contributed by atoms with Crippen molar-refractivity contribution in [2.45, 2.75) is 0 Å². The smallest absolute Gasteiger partial charge is 0 e. The van der Waals surface area contributed by atoms with Gasteiger partial charge in [-0.2, -0.15) is 0 Å². The van der Waals surface area contributed by atoms with E-state index in [9.17, 15) is 0 Å². The van der Waals surface area contributed by atoms with Crippen LogP contribution in [-0.2, 0) is 17.1 Å². The summed E-state index contributed by atoms with van der Waals surface area (Å²) in [5, 5.41) is 0. The Morgan fingerprint density at radius 3 is 1.00 bits per heavy atom. The van der Waals surface area contributed by atoms with Crippen LogP contribution in [0.5, 0.6) is 0 Å². The Morgan fingerprint density at radius 2 is 1.00 bits per heavy atom. The molecule has 0 aromatic carbocycles. The zero-order chi connectivity index (χ0) is 0. The maximum atomic E-state index is 0. The summed E-state index contributed by atoms with van der Waals surface area (Å²) < 4.78 is 0. The van der Waals surface area contributed by atoms with Crippen LogP contribution < -0.4 is 0 Å². The topological polar surface area (TPSA) is 30.0 Å². The maximum Gasteiger partial charge on any atom is 0 e. The van der Waals surface area contributed by atoms with Crippen molar-refractivity contribution in [2.75, 3.05) is 0 Å². The molecule has 0 bridgehead atoms. The first-order valence-corrected chi connectivity index (χ1v) is 0. The molecule has 1 radical (unpaired) electrons. The minimum atomic E-state index is 0. The summed E-state index contributed by atoms with van der Waals surface area (Å²) in [6, 6.07) is 0. The molecular formula is H3LiMgMnO. The molecule has 0 aliphatic rings. The zero-order valence-corrected chi connectivity index (χ0v) is 5.01. The second kappa shape index (κ2) is 21.1. The summed E-state index contributed by atoms with van der Waals surface area (Å²) in [6.07, 6.45) is 0. The quantitative estimate of drug-likeness (QED) is 0.346. The molecule has 19 valence electrons. The van der Waals surface area contributed by atoms with E-state index in [2.05, 4.69) is 0 Å². The monoisotopic (exact) mass is 105 g/mol. The Bertz CT molecular complexity index is 8.00. The van der Waals surface area contributed by atoms with Crippen molar-refractivity contribution >= 4 is 41.9 Å². The van der Waals surface area contributed by atoms with Crippen molar-refractivity contribution < 1.29 is 22.5 Å². The average molecular weight is 105 g/mol. The molecule has 0 aromatic rings. The van der Waals surface area contributed by atoms with Crippen LogP contribution in [0.15, 0.2) is 0 Å². The van der Waals surface area contributed by atoms with Crippen LogP contribution in [0.2, 0.25) is 0 Å². The van der Waals surface area contributed by atoms with Gasteiger partial charge in [-0.15, -0.1) is 0 Å². The van der Waals surface area contributed by atoms with E-state index >= 15 is 0 Å². The van der Waals surface area contributed by atoms with E-state index in [0.717, 1.165) is 0 Å². The molecular weight excluding hydrogens is 102 g/mol. The molecule has 0 fully saturated rings. The van der Waals surface area contributed by atoms with Gasteiger partial charge in [0, 0.05) is 17.1 Å². The fourth-order valence-corrected chi connectivity index (χ4v) is 0. The van der Waals surface area contributed by atoms with Gasteiger partial charge in [0.15, 0.2) is 0 Å². The predicted molar refractivity (Wildman–Crippen MR) is 16.2 cm³/mol. The second-order valence-electron chi connectivity index (χ2n) is 0. The van der Waals surface area contributed by atoms with Crippen LogP contribution in [0, 0.1) is 0 Å². The SMILES string of the molecule is [LiH].[MgH+].[Mn].[OH-]. The van der Waals surface area contributed by atoms with Gasteiger partial charge in [-0.05, 0) is 0 Å². The van der Waals surface area contributed by atoms with Crippen LogP contribution in [0.1, 0.15) is 0 Å². The van der Waals surface area contributed by atoms with Crippen LogP contribution >= 0.6 is 0 Å². The Morgan fingerprint density at radius 1 is 1.00 bits per heavy atom. The van der Waals surface area contributed by atoms with Gasteiger partial charge >= 0.3 is 41.9 Å². The third-order valence-corrected chi connectivity index (χ3v) is 0. The van der Waals surface area contributed by atoms with Gasteiger partial charge in [-0.3, -0.25) is 0 Å². The fourth-order valence-electron chi connectivity index (χ4n) is 0. The predicted octanol–water partition coefficient (Wildman–Crippen LogP) is -1.48.